The summed E-state index contributed by atoms with van der Waals surface area (Å²) in [6, 6.07) is 7.24. The van der Waals surface area contributed by atoms with Crippen LogP contribution in [0.15, 0.2) is 36.5 Å². The molecule has 0 aliphatic carbocycles. The third kappa shape index (κ3) is 4.18. The molecule has 2 rings (SSSR count). The van der Waals surface area contributed by atoms with E-state index < -0.39 is 17.5 Å². The van der Waals surface area contributed by atoms with Gasteiger partial charge >= 0.3 is 6.18 Å². The zero-order valence-corrected chi connectivity index (χ0v) is 11.5. The van der Waals surface area contributed by atoms with Crippen molar-refractivity contribution in [2.75, 3.05) is 5.32 Å². The second-order valence-electron chi connectivity index (χ2n) is 4.73. The van der Waals surface area contributed by atoms with E-state index in [0.717, 1.165) is 6.20 Å². The molecular weight excluding hydrogens is 299 g/mol. The number of halogens is 3. The molecule has 5 nitrogen and oxygen atoms in total. The quantitative estimate of drug-likeness (QED) is 0.680. The average Bonchev–Trinajstić information content (AvgIpc) is 2.39. The molecule has 116 valence electrons. The minimum absolute atomic E-state index is 0.0916. The van der Waals surface area contributed by atoms with Crippen LogP contribution in [0.3, 0.4) is 0 Å². The van der Waals surface area contributed by atoms with Crippen LogP contribution in [0.5, 0.6) is 0 Å². The lowest BCUT2D eigenvalue weighted by atomic mass is 10.1. The highest BCUT2D eigenvalue weighted by Gasteiger charge is 2.27. The predicted molar refractivity (Wildman–Crippen MR) is 75.1 cm³/mol. The highest BCUT2D eigenvalue weighted by Crippen LogP contribution is 2.24. The molecule has 1 N–H and O–H groups in total. The number of nitro groups is 1. The van der Waals surface area contributed by atoms with E-state index in [9.17, 15) is 23.3 Å². The Hall–Kier alpha value is -2.64. The first kappa shape index (κ1) is 15.7. The van der Waals surface area contributed by atoms with Gasteiger partial charge in [-0.25, -0.2) is 4.98 Å². The molecule has 0 saturated heterocycles. The second kappa shape index (κ2) is 6.00. The number of benzene rings is 1. The van der Waals surface area contributed by atoms with Crippen LogP contribution in [0, 0.1) is 17.0 Å². The molecule has 0 unspecified atom stereocenters. The Morgan fingerprint density at radius 1 is 1.27 bits per heavy atom. The third-order valence-corrected chi connectivity index (χ3v) is 2.91. The highest BCUT2D eigenvalue weighted by atomic mass is 19.4. The molecule has 1 aromatic carbocycles. The largest absolute Gasteiger partial charge is 0.393 e. The van der Waals surface area contributed by atoms with Gasteiger partial charge in [-0.05, 0) is 30.7 Å². The lowest BCUT2D eigenvalue weighted by Crippen LogP contribution is -2.11. The first-order valence-electron chi connectivity index (χ1n) is 6.28. The number of aromatic nitrogens is 1. The molecule has 0 fully saturated rings. The van der Waals surface area contributed by atoms with Gasteiger partial charge in [0.15, 0.2) is 0 Å². The molecule has 0 radical (unpaired) electrons. The van der Waals surface area contributed by atoms with Crippen LogP contribution in [0.1, 0.15) is 11.1 Å². The highest BCUT2D eigenvalue weighted by molar-refractivity contribution is 5.58. The standard InChI is InChI=1S/C14H12F3N3O2/c1-9-6-13(18-8-12(9)20(21)22)19-11-4-2-10(3-5-11)7-14(15,16)17/h2-6,8H,7H2,1H3,(H,18,19). The number of anilines is 2. The molecule has 0 amide bonds. The lowest BCUT2D eigenvalue weighted by Gasteiger charge is -2.09. The Bertz CT molecular complexity index is 685. The van der Waals surface area contributed by atoms with E-state index >= 15 is 0 Å². The van der Waals surface area contributed by atoms with Crippen molar-refractivity contribution in [2.45, 2.75) is 19.5 Å². The average molecular weight is 311 g/mol. The van der Waals surface area contributed by atoms with E-state index in [1.54, 1.807) is 6.92 Å². The molecule has 0 aliphatic rings. The van der Waals surface area contributed by atoms with Crippen molar-refractivity contribution in [1.29, 1.82) is 0 Å². The third-order valence-electron chi connectivity index (χ3n) is 2.91. The monoisotopic (exact) mass is 311 g/mol. The maximum atomic E-state index is 12.3. The van der Waals surface area contributed by atoms with Crippen LogP contribution in [0.25, 0.3) is 0 Å². The fraction of sp³-hybridized carbons (Fsp3) is 0.214. The Kier molecular flexibility index (Phi) is 4.30. The molecule has 1 aromatic heterocycles. The molecule has 0 bridgehead atoms. The van der Waals surface area contributed by atoms with Gasteiger partial charge in [0.25, 0.3) is 5.69 Å². The normalized spacial score (nSPS) is 11.3. The molecule has 22 heavy (non-hydrogen) atoms. The van der Waals surface area contributed by atoms with Gasteiger partial charge < -0.3 is 5.32 Å². The fourth-order valence-corrected chi connectivity index (χ4v) is 1.89. The van der Waals surface area contributed by atoms with Crippen molar-refractivity contribution < 1.29 is 18.1 Å². The summed E-state index contributed by atoms with van der Waals surface area (Å²) in [5, 5.41) is 13.6. The van der Waals surface area contributed by atoms with Crippen LogP contribution < -0.4 is 5.32 Å². The van der Waals surface area contributed by atoms with Gasteiger partial charge in [0.2, 0.25) is 0 Å². The second-order valence-corrected chi connectivity index (χ2v) is 4.73. The summed E-state index contributed by atoms with van der Waals surface area (Å²) in [6.45, 7) is 1.58. The number of aryl methyl sites for hydroxylation is 1. The van der Waals surface area contributed by atoms with Crippen molar-refractivity contribution in [3.8, 4) is 0 Å². The van der Waals surface area contributed by atoms with Crippen LogP contribution in [0.4, 0.5) is 30.4 Å². The lowest BCUT2D eigenvalue weighted by molar-refractivity contribution is -0.385. The van der Waals surface area contributed by atoms with Crippen LogP contribution in [-0.2, 0) is 6.42 Å². The topological polar surface area (TPSA) is 68.1 Å². The Morgan fingerprint density at radius 2 is 1.91 bits per heavy atom. The van der Waals surface area contributed by atoms with E-state index in [1.807, 2.05) is 0 Å². The van der Waals surface area contributed by atoms with Crippen LogP contribution in [0.2, 0.25) is 0 Å². The fourth-order valence-electron chi connectivity index (χ4n) is 1.89. The van der Waals surface area contributed by atoms with Crippen LogP contribution >= 0.6 is 0 Å². The minimum atomic E-state index is -4.24. The van der Waals surface area contributed by atoms with Crippen molar-refractivity contribution >= 4 is 17.2 Å². The maximum Gasteiger partial charge on any atom is 0.393 e. The summed E-state index contributed by atoms with van der Waals surface area (Å²) in [7, 11) is 0. The van der Waals surface area contributed by atoms with Gasteiger partial charge in [0.05, 0.1) is 11.3 Å². The molecule has 1 heterocycles. The van der Waals surface area contributed by atoms with Gasteiger partial charge in [0.1, 0.15) is 12.0 Å². The van der Waals surface area contributed by atoms with Gasteiger partial charge in [-0.15, -0.1) is 0 Å². The zero-order chi connectivity index (χ0) is 16.3. The Morgan fingerprint density at radius 3 is 2.41 bits per heavy atom. The van der Waals surface area contributed by atoms with Crippen molar-refractivity contribution in [3.05, 3.63) is 57.8 Å². The van der Waals surface area contributed by atoms with E-state index in [0.29, 0.717) is 17.1 Å². The number of nitrogens with one attached hydrogen (secondary N) is 1. The van der Waals surface area contributed by atoms with Crippen molar-refractivity contribution in [3.63, 3.8) is 0 Å². The summed E-state index contributed by atoms with van der Waals surface area (Å²) >= 11 is 0. The molecule has 0 aliphatic heterocycles. The minimum Gasteiger partial charge on any atom is -0.340 e. The van der Waals surface area contributed by atoms with Gasteiger partial charge in [0, 0.05) is 11.3 Å². The Labute approximate surface area is 124 Å². The van der Waals surface area contributed by atoms with E-state index in [1.165, 1.54) is 30.3 Å². The number of pyridine rings is 1. The number of hydrogen-bond donors (Lipinski definition) is 1. The maximum absolute atomic E-state index is 12.3. The van der Waals surface area contributed by atoms with E-state index in [2.05, 4.69) is 10.3 Å². The number of rotatable bonds is 4. The summed E-state index contributed by atoms with van der Waals surface area (Å²) in [5.74, 6) is 0.381. The Balaban J connectivity index is 2.11. The number of nitrogens with zero attached hydrogens (tertiary/aromatic N) is 2. The summed E-state index contributed by atoms with van der Waals surface area (Å²) in [4.78, 5) is 14.1. The first-order valence-corrected chi connectivity index (χ1v) is 6.28. The molecule has 2 aromatic rings. The summed E-state index contributed by atoms with van der Waals surface area (Å²) in [6.07, 6.45) is -4.09. The summed E-state index contributed by atoms with van der Waals surface area (Å²) < 4.78 is 36.8. The zero-order valence-electron chi connectivity index (χ0n) is 11.5. The van der Waals surface area contributed by atoms with Crippen molar-refractivity contribution in [1.82, 2.24) is 4.98 Å². The molecule has 0 saturated carbocycles. The van der Waals surface area contributed by atoms with Gasteiger partial charge in [-0.2, -0.15) is 13.2 Å². The molecule has 0 atom stereocenters. The van der Waals surface area contributed by atoms with E-state index in [-0.39, 0.29) is 11.3 Å². The van der Waals surface area contributed by atoms with Crippen molar-refractivity contribution in [2.24, 2.45) is 0 Å². The SMILES string of the molecule is Cc1cc(Nc2ccc(CC(F)(F)F)cc2)ncc1[N+](=O)[O-]. The summed E-state index contributed by atoms with van der Waals surface area (Å²) in [5.41, 5.74) is 1.06. The molecular formula is C14H12F3N3O2. The number of hydrogen-bond acceptors (Lipinski definition) is 4. The van der Waals surface area contributed by atoms with Gasteiger partial charge in [-0.1, -0.05) is 12.1 Å². The predicted octanol–water partition coefficient (Wildman–Crippen LogP) is 4.15. The smallest absolute Gasteiger partial charge is 0.340 e. The van der Waals surface area contributed by atoms with E-state index in [4.69, 9.17) is 0 Å². The van der Waals surface area contributed by atoms with Crippen LogP contribution in [-0.4, -0.2) is 16.1 Å². The first-order chi connectivity index (χ1) is 10.2. The molecule has 0 spiro atoms. The number of alkyl halides is 3. The van der Waals surface area contributed by atoms with Gasteiger partial charge in [-0.3, -0.25) is 10.1 Å². The molecule has 8 heteroatoms.